The van der Waals surface area contributed by atoms with Gasteiger partial charge in [-0.3, -0.25) is 9.59 Å². The Bertz CT molecular complexity index is 778. The minimum Gasteiger partial charge on any atom is -0.465 e. The molecule has 27 heavy (non-hydrogen) atoms. The van der Waals surface area contributed by atoms with E-state index in [2.05, 4.69) is 15.9 Å². The van der Waals surface area contributed by atoms with Gasteiger partial charge < -0.3 is 9.64 Å². The van der Waals surface area contributed by atoms with Crippen molar-refractivity contribution in [3.63, 3.8) is 0 Å². The number of esters is 1. The minimum absolute atomic E-state index is 0.120. The zero-order valence-electron chi connectivity index (χ0n) is 15.7. The average Bonchev–Trinajstić information content (AvgIpc) is 3.06. The summed E-state index contributed by atoms with van der Waals surface area (Å²) in [5, 5.41) is 0. The molecule has 0 aromatic carbocycles. The summed E-state index contributed by atoms with van der Waals surface area (Å²) in [5.74, 6) is -1.12. The number of amides is 1. The predicted octanol–water partition coefficient (Wildman–Crippen LogP) is 2.71. The maximum atomic E-state index is 13.0. The van der Waals surface area contributed by atoms with Gasteiger partial charge in [0.2, 0.25) is 5.91 Å². The number of carbonyl (C=O) groups is 2. The summed E-state index contributed by atoms with van der Waals surface area (Å²) in [5.41, 5.74) is 0. The SMILES string of the molecule is CCOC(=O)CN(C(=O)C1CCCN(S(=O)(=O)c2ccc(Br)s2)C1)C(C)C. The van der Waals surface area contributed by atoms with Crippen molar-refractivity contribution in [2.24, 2.45) is 5.92 Å². The first-order valence-electron chi connectivity index (χ1n) is 8.88. The van der Waals surface area contributed by atoms with Crippen LogP contribution in [0.4, 0.5) is 0 Å². The fourth-order valence-electron chi connectivity index (χ4n) is 3.02. The highest BCUT2D eigenvalue weighted by Gasteiger charge is 2.36. The fraction of sp³-hybridized carbons (Fsp3) is 0.647. The summed E-state index contributed by atoms with van der Waals surface area (Å²) >= 11 is 4.44. The van der Waals surface area contributed by atoms with Crippen molar-refractivity contribution in [1.29, 1.82) is 0 Å². The van der Waals surface area contributed by atoms with Crippen LogP contribution < -0.4 is 0 Å². The molecule has 1 saturated heterocycles. The Morgan fingerprint density at radius 3 is 2.67 bits per heavy atom. The zero-order chi connectivity index (χ0) is 20.2. The van der Waals surface area contributed by atoms with Crippen molar-refractivity contribution in [3.8, 4) is 0 Å². The molecule has 0 radical (unpaired) electrons. The molecule has 1 aliphatic heterocycles. The summed E-state index contributed by atoms with van der Waals surface area (Å²) in [7, 11) is -3.63. The molecule has 0 spiro atoms. The van der Waals surface area contributed by atoms with Gasteiger partial charge in [0, 0.05) is 19.1 Å². The molecule has 152 valence electrons. The molecule has 1 aromatic rings. The van der Waals surface area contributed by atoms with Crippen LogP contribution in [0.5, 0.6) is 0 Å². The summed E-state index contributed by atoms with van der Waals surface area (Å²) in [6, 6.07) is 3.09. The lowest BCUT2D eigenvalue weighted by Crippen LogP contribution is -2.49. The van der Waals surface area contributed by atoms with Crippen molar-refractivity contribution < 1.29 is 22.7 Å². The Morgan fingerprint density at radius 2 is 2.11 bits per heavy atom. The van der Waals surface area contributed by atoms with E-state index in [1.165, 1.54) is 9.21 Å². The highest BCUT2D eigenvalue weighted by atomic mass is 79.9. The second kappa shape index (κ2) is 9.49. The van der Waals surface area contributed by atoms with Gasteiger partial charge in [0.15, 0.2) is 0 Å². The molecule has 1 aliphatic rings. The Kier molecular flexibility index (Phi) is 7.84. The van der Waals surface area contributed by atoms with Crippen LogP contribution in [0.1, 0.15) is 33.6 Å². The van der Waals surface area contributed by atoms with Gasteiger partial charge in [-0.1, -0.05) is 0 Å². The van der Waals surface area contributed by atoms with E-state index < -0.39 is 21.9 Å². The van der Waals surface area contributed by atoms with Gasteiger partial charge in [-0.2, -0.15) is 4.31 Å². The van der Waals surface area contributed by atoms with Crippen LogP contribution in [0.25, 0.3) is 0 Å². The lowest BCUT2D eigenvalue weighted by molar-refractivity contribution is -0.152. The van der Waals surface area contributed by atoms with E-state index in [4.69, 9.17) is 4.74 Å². The van der Waals surface area contributed by atoms with E-state index in [-0.39, 0.29) is 35.9 Å². The quantitative estimate of drug-likeness (QED) is 0.560. The van der Waals surface area contributed by atoms with Crippen LogP contribution in [0.2, 0.25) is 0 Å². The summed E-state index contributed by atoms with van der Waals surface area (Å²) in [4.78, 5) is 26.3. The molecule has 1 unspecified atom stereocenters. The number of piperidine rings is 1. The molecule has 2 heterocycles. The Balaban J connectivity index is 2.13. The Morgan fingerprint density at radius 1 is 1.41 bits per heavy atom. The minimum atomic E-state index is -3.63. The molecule has 0 N–H and O–H groups in total. The molecule has 7 nitrogen and oxygen atoms in total. The molecular weight excluding hydrogens is 456 g/mol. The number of rotatable bonds is 7. The number of halogens is 1. The number of sulfonamides is 1. The van der Waals surface area contributed by atoms with Gasteiger partial charge in [0.05, 0.1) is 16.3 Å². The third-order valence-electron chi connectivity index (χ3n) is 4.39. The van der Waals surface area contributed by atoms with E-state index in [1.807, 2.05) is 13.8 Å². The maximum Gasteiger partial charge on any atom is 0.325 e. The van der Waals surface area contributed by atoms with Crippen molar-refractivity contribution >= 4 is 49.2 Å². The van der Waals surface area contributed by atoms with Crippen molar-refractivity contribution in [2.45, 2.75) is 43.9 Å². The smallest absolute Gasteiger partial charge is 0.325 e. The molecule has 1 atom stereocenters. The van der Waals surface area contributed by atoms with Gasteiger partial charge in [-0.05, 0) is 61.7 Å². The van der Waals surface area contributed by atoms with Crippen LogP contribution in [-0.2, 0) is 24.3 Å². The third kappa shape index (κ3) is 5.52. The van der Waals surface area contributed by atoms with Gasteiger partial charge in [0.1, 0.15) is 10.8 Å². The van der Waals surface area contributed by atoms with Crippen LogP contribution >= 0.6 is 27.3 Å². The Labute approximate surface area is 172 Å². The van der Waals surface area contributed by atoms with E-state index >= 15 is 0 Å². The van der Waals surface area contributed by atoms with Gasteiger partial charge >= 0.3 is 5.97 Å². The zero-order valence-corrected chi connectivity index (χ0v) is 18.9. The third-order valence-corrected chi connectivity index (χ3v) is 8.34. The number of carbonyl (C=O) groups excluding carboxylic acids is 2. The van der Waals surface area contributed by atoms with Crippen molar-refractivity contribution in [1.82, 2.24) is 9.21 Å². The maximum absolute atomic E-state index is 13.0. The van der Waals surface area contributed by atoms with Crippen LogP contribution in [0.3, 0.4) is 0 Å². The topological polar surface area (TPSA) is 84.0 Å². The number of nitrogens with zero attached hydrogens (tertiary/aromatic N) is 2. The van der Waals surface area contributed by atoms with E-state index in [0.717, 1.165) is 15.1 Å². The second-order valence-electron chi connectivity index (χ2n) is 6.63. The second-order valence-corrected chi connectivity index (χ2v) is 11.3. The summed E-state index contributed by atoms with van der Waals surface area (Å²) < 4.78 is 33.0. The van der Waals surface area contributed by atoms with E-state index in [1.54, 1.807) is 19.1 Å². The molecule has 0 saturated carbocycles. The number of ether oxygens (including phenoxy) is 1. The highest BCUT2D eigenvalue weighted by molar-refractivity contribution is 9.11. The first kappa shape index (κ1) is 22.3. The Hall–Kier alpha value is -0.970. The normalized spacial score (nSPS) is 18.5. The lowest BCUT2D eigenvalue weighted by Gasteiger charge is -2.35. The largest absolute Gasteiger partial charge is 0.465 e. The number of thiophene rings is 1. The first-order valence-corrected chi connectivity index (χ1v) is 11.9. The van der Waals surface area contributed by atoms with Crippen molar-refractivity contribution in [3.05, 3.63) is 15.9 Å². The monoisotopic (exact) mass is 480 g/mol. The van der Waals surface area contributed by atoms with Gasteiger partial charge in [-0.15, -0.1) is 11.3 Å². The van der Waals surface area contributed by atoms with Gasteiger partial charge in [-0.25, -0.2) is 8.42 Å². The fourth-order valence-corrected chi connectivity index (χ4v) is 6.71. The van der Waals surface area contributed by atoms with E-state index in [9.17, 15) is 18.0 Å². The molecule has 0 aliphatic carbocycles. The molecule has 2 rings (SSSR count). The van der Waals surface area contributed by atoms with E-state index in [0.29, 0.717) is 19.4 Å². The summed E-state index contributed by atoms with van der Waals surface area (Å²) in [6.45, 7) is 6.03. The van der Waals surface area contributed by atoms with Crippen LogP contribution in [-0.4, -0.2) is 61.8 Å². The summed E-state index contributed by atoms with van der Waals surface area (Å²) in [6.07, 6.45) is 1.21. The molecular formula is C17H25BrN2O5S2. The molecule has 0 bridgehead atoms. The van der Waals surface area contributed by atoms with Crippen LogP contribution in [0.15, 0.2) is 20.1 Å². The highest BCUT2D eigenvalue weighted by Crippen LogP contribution is 2.31. The standard InChI is InChI=1S/C17H25BrN2O5S2/c1-4-25-15(21)11-20(12(2)3)17(22)13-6-5-9-19(10-13)27(23,24)16-8-7-14(18)26-16/h7-8,12-13H,4-6,9-11H2,1-3H3. The molecule has 10 heteroatoms. The average molecular weight is 481 g/mol. The van der Waals surface area contributed by atoms with Crippen molar-refractivity contribution in [2.75, 3.05) is 26.2 Å². The molecule has 1 fully saturated rings. The first-order chi connectivity index (χ1) is 12.7. The number of hydrogen-bond acceptors (Lipinski definition) is 6. The van der Waals surface area contributed by atoms with Crippen LogP contribution in [0, 0.1) is 5.92 Å². The predicted molar refractivity (Wildman–Crippen MR) is 107 cm³/mol. The van der Waals surface area contributed by atoms with Gasteiger partial charge in [0.25, 0.3) is 10.0 Å². The lowest BCUT2D eigenvalue weighted by atomic mass is 9.97. The molecule has 1 aromatic heterocycles. The number of hydrogen-bond donors (Lipinski definition) is 0. The molecule has 1 amide bonds.